The molecule has 0 aliphatic rings. The zero-order valence-electron chi connectivity index (χ0n) is 10.1. The second kappa shape index (κ2) is 9.28. The summed E-state index contributed by atoms with van der Waals surface area (Å²) < 4.78 is 15.3. The molecule has 0 bridgehead atoms. The summed E-state index contributed by atoms with van der Waals surface area (Å²) in [5.74, 6) is -0.234. The van der Waals surface area contributed by atoms with E-state index in [0.29, 0.717) is 13.2 Å². The highest BCUT2D eigenvalue weighted by Crippen LogP contribution is 2.09. The molecule has 0 aromatic rings. The Morgan fingerprint density at radius 1 is 1.31 bits per heavy atom. The number of rotatable bonds is 9. The van der Waals surface area contributed by atoms with Crippen LogP contribution in [0.25, 0.3) is 4.85 Å². The quantitative estimate of drug-likeness (QED) is 0.441. The van der Waals surface area contributed by atoms with Crippen molar-refractivity contribution in [3.05, 3.63) is 11.4 Å². The third kappa shape index (κ3) is 5.81. The molecule has 0 aromatic carbocycles. The minimum Gasteiger partial charge on any atom is -0.377 e. The van der Waals surface area contributed by atoms with Crippen LogP contribution in [0.2, 0.25) is 0 Å². The molecule has 1 atom stereocenters. The summed E-state index contributed by atoms with van der Waals surface area (Å²) in [6.07, 6.45) is -0.234. The summed E-state index contributed by atoms with van der Waals surface area (Å²) in [4.78, 5) is 14.7. The molecule has 0 heterocycles. The van der Waals surface area contributed by atoms with Crippen LogP contribution in [0.1, 0.15) is 20.3 Å². The van der Waals surface area contributed by atoms with Crippen molar-refractivity contribution in [3.63, 3.8) is 0 Å². The minimum absolute atomic E-state index is 0.0436. The van der Waals surface area contributed by atoms with Crippen LogP contribution in [0.15, 0.2) is 0 Å². The number of ketones is 1. The van der Waals surface area contributed by atoms with Crippen molar-refractivity contribution >= 4 is 5.78 Å². The highest BCUT2D eigenvalue weighted by atomic mass is 16.7. The van der Waals surface area contributed by atoms with Gasteiger partial charge in [-0.3, -0.25) is 4.79 Å². The van der Waals surface area contributed by atoms with Gasteiger partial charge in [-0.25, -0.2) is 6.57 Å². The Balaban J connectivity index is 4.25. The van der Waals surface area contributed by atoms with Crippen molar-refractivity contribution in [1.82, 2.24) is 0 Å². The fraction of sp³-hybridized carbons (Fsp3) is 0.818. The molecule has 16 heavy (non-hydrogen) atoms. The number of nitrogens with zero attached hydrogens (tertiary/aromatic N) is 1. The summed E-state index contributed by atoms with van der Waals surface area (Å²) in [7, 11) is 1.43. The number of hydrogen-bond acceptors (Lipinski definition) is 4. The first-order valence-electron chi connectivity index (χ1n) is 5.30. The lowest BCUT2D eigenvalue weighted by Gasteiger charge is -2.16. The first-order chi connectivity index (χ1) is 7.69. The van der Waals surface area contributed by atoms with E-state index in [-0.39, 0.29) is 18.8 Å². The van der Waals surface area contributed by atoms with Crippen LogP contribution in [0, 0.1) is 6.57 Å². The van der Waals surface area contributed by atoms with Gasteiger partial charge in [0.1, 0.15) is 6.61 Å². The highest BCUT2D eigenvalue weighted by molar-refractivity contribution is 5.86. The number of hydrogen-bond donors (Lipinski definition) is 0. The van der Waals surface area contributed by atoms with Crippen molar-refractivity contribution in [1.29, 1.82) is 0 Å². The fourth-order valence-electron chi connectivity index (χ4n) is 1.23. The number of carbonyl (C=O) groups is 1. The molecule has 0 saturated carbocycles. The number of carbonyl (C=O) groups excluding carboxylic acids is 1. The van der Waals surface area contributed by atoms with Gasteiger partial charge in [0.25, 0.3) is 6.04 Å². The van der Waals surface area contributed by atoms with Gasteiger partial charge in [0.15, 0.2) is 6.29 Å². The largest absolute Gasteiger partial charge is 0.377 e. The predicted octanol–water partition coefficient (Wildman–Crippen LogP) is 1.28. The molecule has 0 N–H and O–H groups in total. The minimum atomic E-state index is -0.747. The van der Waals surface area contributed by atoms with Crippen molar-refractivity contribution in [2.24, 2.45) is 0 Å². The SMILES string of the molecule is [C-]#[N+]C(CC(OCC)OCC)C(=O)COC. The molecule has 0 rings (SSSR count). The smallest absolute Gasteiger partial charge is 0.288 e. The Morgan fingerprint density at radius 3 is 2.25 bits per heavy atom. The first kappa shape index (κ1) is 15.0. The maximum absolute atomic E-state index is 11.5. The maximum atomic E-state index is 11.5. The molecule has 0 aromatic heterocycles. The van der Waals surface area contributed by atoms with Crippen molar-refractivity contribution < 1.29 is 19.0 Å². The summed E-state index contributed by atoms with van der Waals surface area (Å²) in [6, 6.07) is -0.747. The van der Waals surface area contributed by atoms with Gasteiger partial charge in [0.05, 0.1) is 6.42 Å². The Morgan fingerprint density at radius 2 is 1.88 bits per heavy atom. The Bertz CT molecular complexity index is 231. The van der Waals surface area contributed by atoms with Crippen LogP contribution in [0.4, 0.5) is 0 Å². The maximum Gasteiger partial charge on any atom is 0.288 e. The Kier molecular flexibility index (Phi) is 8.72. The van der Waals surface area contributed by atoms with Crippen LogP contribution >= 0.6 is 0 Å². The summed E-state index contributed by atoms with van der Waals surface area (Å²) in [5.41, 5.74) is 0. The molecule has 0 aliphatic carbocycles. The van der Waals surface area contributed by atoms with Crippen LogP contribution < -0.4 is 0 Å². The Labute approximate surface area is 96.5 Å². The molecular weight excluding hydrogens is 210 g/mol. The van der Waals surface area contributed by atoms with E-state index in [1.807, 2.05) is 13.8 Å². The zero-order chi connectivity index (χ0) is 12.4. The van der Waals surface area contributed by atoms with E-state index in [1.165, 1.54) is 7.11 Å². The summed E-state index contributed by atoms with van der Waals surface area (Å²) in [5, 5.41) is 0. The lowest BCUT2D eigenvalue weighted by Crippen LogP contribution is -2.29. The van der Waals surface area contributed by atoms with E-state index in [1.54, 1.807) is 0 Å². The van der Waals surface area contributed by atoms with E-state index in [0.717, 1.165) is 0 Å². The third-order valence-electron chi connectivity index (χ3n) is 1.93. The van der Waals surface area contributed by atoms with Crippen LogP contribution in [0.3, 0.4) is 0 Å². The van der Waals surface area contributed by atoms with Gasteiger partial charge in [-0.15, -0.1) is 0 Å². The lowest BCUT2D eigenvalue weighted by atomic mass is 10.1. The molecule has 1 unspecified atom stereocenters. The number of methoxy groups -OCH3 is 1. The monoisotopic (exact) mass is 229 g/mol. The molecule has 92 valence electrons. The van der Waals surface area contributed by atoms with Gasteiger partial charge in [-0.2, -0.15) is 0 Å². The van der Waals surface area contributed by atoms with Gasteiger partial charge in [-0.1, -0.05) is 0 Å². The molecule has 5 heteroatoms. The van der Waals surface area contributed by atoms with Crippen LogP contribution in [-0.4, -0.2) is 45.0 Å². The summed E-state index contributed by atoms with van der Waals surface area (Å²) >= 11 is 0. The molecule has 0 saturated heterocycles. The number of Topliss-reactive ketones (excluding diaryl/α,β-unsaturated/α-hetero) is 1. The number of ether oxygens (including phenoxy) is 3. The fourth-order valence-corrected chi connectivity index (χ4v) is 1.23. The average molecular weight is 229 g/mol. The average Bonchev–Trinajstić information content (AvgIpc) is 2.26. The van der Waals surface area contributed by atoms with Crippen molar-refractivity contribution in [2.45, 2.75) is 32.6 Å². The normalized spacial score (nSPS) is 12.4. The van der Waals surface area contributed by atoms with Crippen molar-refractivity contribution in [3.8, 4) is 0 Å². The van der Waals surface area contributed by atoms with Gasteiger partial charge in [0.2, 0.25) is 5.78 Å². The van der Waals surface area contributed by atoms with E-state index < -0.39 is 12.3 Å². The van der Waals surface area contributed by atoms with E-state index in [2.05, 4.69) is 4.85 Å². The molecular formula is C11H19NO4. The van der Waals surface area contributed by atoms with Gasteiger partial charge in [0, 0.05) is 20.3 Å². The summed E-state index contributed by atoms with van der Waals surface area (Å²) in [6.45, 7) is 11.6. The molecule has 0 aliphatic heterocycles. The van der Waals surface area contributed by atoms with E-state index in [9.17, 15) is 4.79 Å². The second-order valence-corrected chi connectivity index (χ2v) is 3.12. The van der Waals surface area contributed by atoms with Gasteiger partial charge in [-0.05, 0) is 13.8 Å². The van der Waals surface area contributed by atoms with Crippen molar-refractivity contribution in [2.75, 3.05) is 26.9 Å². The Hall–Kier alpha value is -0.960. The standard InChI is InChI=1S/C11H19NO4/c1-5-15-11(16-6-2)7-9(12-3)10(13)8-14-4/h9,11H,5-8H2,1-2,4H3. The molecule has 0 radical (unpaired) electrons. The molecule has 0 amide bonds. The molecule has 5 nitrogen and oxygen atoms in total. The highest BCUT2D eigenvalue weighted by Gasteiger charge is 2.27. The third-order valence-corrected chi connectivity index (χ3v) is 1.93. The second-order valence-electron chi connectivity index (χ2n) is 3.12. The van der Waals surface area contributed by atoms with Gasteiger partial charge >= 0.3 is 0 Å². The zero-order valence-corrected chi connectivity index (χ0v) is 10.1. The molecule has 0 spiro atoms. The predicted molar refractivity (Wildman–Crippen MR) is 58.9 cm³/mol. The van der Waals surface area contributed by atoms with E-state index in [4.69, 9.17) is 20.8 Å². The van der Waals surface area contributed by atoms with Crippen LogP contribution in [0.5, 0.6) is 0 Å². The van der Waals surface area contributed by atoms with E-state index >= 15 is 0 Å². The topological polar surface area (TPSA) is 49.1 Å². The lowest BCUT2D eigenvalue weighted by molar-refractivity contribution is -0.146. The first-order valence-corrected chi connectivity index (χ1v) is 5.30. The van der Waals surface area contributed by atoms with Gasteiger partial charge < -0.3 is 19.1 Å². The van der Waals surface area contributed by atoms with Crippen LogP contribution in [-0.2, 0) is 19.0 Å². The molecule has 0 fully saturated rings.